The zero-order valence-electron chi connectivity index (χ0n) is 7.55. The third-order valence-corrected chi connectivity index (χ3v) is 3.00. The third kappa shape index (κ3) is 2.26. The van der Waals surface area contributed by atoms with Crippen molar-refractivity contribution in [2.24, 2.45) is 0 Å². The van der Waals surface area contributed by atoms with Crippen LogP contribution in [0.15, 0.2) is 45.5 Å². The highest BCUT2D eigenvalue weighted by Gasteiger charge is 2.08. The van der Waals surface area contributed by atoms with Gasteiger partial charge in [-0.2, -0.15) is 0 Å². The molecule has 0 unspecified atom stereocenters. The van der Waals surface area contributed by atoms with Crippen molar-refractivity contribution in [2.75, 3.05) is 0 Å². The lowest BCUT2D eigenvalue weighted by Crippen LogP contribution is -1.88. The van der Waals surface area contributed by atoms with E-state index in [1.165, 1.54) is 0 Å². The predicted octanol–water partition coefficient (Wildman–Crippen LogP) is 4.41. The molecule has 15 heavy (non-hydrogen) atoms. The normalized spacial score (nSPS) is 10.3. The van der Waals surface area contributed by atoms with Crippen LogP contribution in [0.5, 0.6) is 0 Å². The van der Waals surface area contributed by atoms with Crippen molar-refractivity contribution in [3.8, 4) is 11.3 Å². The fourth-order valence-electron chi connectivity index (χ4n) is 1.26. The SMILES string of the molecule is Fc1c(Br)cccc1-c1cccc(Br)n1. The summed E-state index contributed by atoms with van der Waals surface area (Å²) in [5.41, 5.74) is 1.11. The summed E-state index contributed by atoms with van der Waals surface area (Å²) in [5, 5.41) is 0. The van der Waals surface area contributed by atoms with E-state index in [2.05, 4.69) is 36.8 Å². The first kappa shape index (κ1) is 10.8. The maximum atomic E-state index is 13.7. The number of benzene rings is 1. The van der Waals surface area contributed by atoms with Crippen LogP contribution in [0.2, 0.25) is 0 Å². The third-order valence-electron chi connectivity index (χ3n) is 1.94. The minimum atomic E-state index is -0.289. The van der Waals surface area contributed by atoms with Crippen molar-refractivity contribution in [3.05, 3.63) is 51.3 Å². The number of aromatic nitrogens is 1. The molecule has 76 valence electrons. The van der Waals surface area contributed by atoms with Gasteiger partial charge in [0, 0.05) is 5.56 Å². The second-order valence-electron chi connectivity index (χ2n) is 2.95. The molecule has 2 rings (SSSR count). The lowest BCUT2D eigenvalue weighted by molar-refractivity contribution is 0.624. The largest absolute Gasteiger partial charge is 0.241 e. The maximum absolute atomic E-state index is 13.7. The lowest BCUT2D eigenvalue weighted by atomic mass is 10.1. The Balaban J connectivity index is 2.59. The average Bonchev–Trinajstić information content (AvgIpc) is 2.22. The van der Waals surface area contributed by atoms with E-state index >= 15 is 0 Å². The highest BCUT2D eigenvalue weighted by molar-refractivity contribution is 9.10. The number of pyridine rings is 1. The number of halogens is 3. The summed E-state index contributed by atoms with van der Waals surface area (Å²) in [5.74, 6) is -0.289. The Bertz CT molecular complexity index is 500. The van der Waals surface area contributed by atoms with Crippen molar-refractivity contribution in [1.29, 1.82) is 0 Å². The molecule has 0 N–H and O–H groups in total. The van der Waals surface area contributed by atoms with Crippen molar-refractivity contribution >= 4 is 31.9 Å². The summed E-state index contributed by atoms with van der Waals surface area (Å²) in [6.07, 6.45) is 0. The molecule has 0 bridgehead atoms. The highest BCUT2D eigenvalue weighted by atomic mass is 79.9. The molecule has 2 aromatic rings. The molecule has 1 nitrogen and oxygen atoms in total. The summed E-state index contributed by atoms with van der Waals surface area (Å²) in [4.78, 5) is 4.20. The van der Waals surface area contributed by atoms with E-state index in [9.17, 15) is 4.39 Å². The van der Waals surface area contributed by atoms with Gasteiger partial charge in [-0.1, -0.05) is 12.1 Å². The van der Waals surface area contributed by atoms with Crippen molar-refractivity contribution in [1.82, 2.24) is 4.98 Å². The van der Waals surface area contributed by atoms with Gasteiger partial charge in [0.2, 0.25) is 0 Å². The van der Waals surface area contributed by atoms with Crippen LogP contribution < -0.4 is 0 Å². The summed E-state index contributed by atoms with van der Waals surface area (Å²) >= 11 is 6.40. The minimum absolute atomic E-state index is 0.289. The molecule has 0 saturated heterocycles. The van der Waals surface area contributed by atoms with Crippen LogP contribution in [0.1, 0.15) is 0 Å². The van der Waals surface area contributed by atoms with Crippen LogP contribution in [0, 0.1) is 5.82 Å². The van der Waals surface area contributed by atoms with Crippen LogP contribution in [-0.4, -0.2) is 4.98 Å². The molecule has 0 amide bonds. The monoisotopic (exact) mass is 329 g/mol. The molecular weight excluding hydrogens is 325 g/mol. The van der Waals surface area contributed by atoms with Crippen LogP contribution in [0.4, 0.5) is 4.39 Å². The van der Waals surface area contributed by atoms with Gasteiger partial charge >= 0.3 is 0 Å². The highest BCUT2D eigenvalue weighted by Crippen LogP contribution is 2.27. The summed E-state index contributed by atoms with van der Waals surface area (Å²) < 4.78 is 14.9. The first-order valence-electron chi connectivity index (χ1n) is 4.25. The topological polar surface area (TPSA) is 12.9 Å². The van der Waals surface area contributed by atoms with E-state index in [0.29, 0.717) is 20.3 Å². The van der Waals surface area contributed by atoms with Crippen molar-refractivity contribution in [3.63, 3.8) is 0 Å². The van der Waals surface area contributed by atoms with Gasteiger partial charge in [-0.3, -0.25) is 0 Å². The second kappa shape index (κ2) is 4.41. The molecular formula is C11H6Br2FN. The van der Waals surface area contributed by atoms with E-state index < -0.39 is 0 Å². The van der Waals surface area contributed by atoms with E-state index in [-0.39, 0.29) is 5.82 Å². The standard InChI is InChI=1S/C11H6Br2FN/c12-8-4-1-3-7(11(8)14)9-5-2-6-10(13)15-9/h1-6H. The van der Waals surface area contributed by atoms with Gasteiger partial charge < -0.3 is 0 Å². The van der Waals surface area contributed by atoms with E-state index in [1.807, 2.05) is 6.07 Å². The molecule has 0 aliphatic carbocycles. The number of rotatable bonds is 1. The van der Waals surface area contributed by atoms with Gasteiger partial charge in [0.1, 0.15) is 10.4 Å². The van der Waals surface area contributed by atoms with E-state index in [1.54, 1.807) is 30.3 Å². The van der Waals surface area contributed by atoms with Gasteiger partial charge in [-0.25, -0.2) is 9.37 Å². The molecule has 0 saturated carbocycles. The number of nitrogens with zero attached hydrogens (tertiary/aromatic N) is 1. The second-order valence-corrected chi connectivity index (χ2v) is 4.61. The molecule has 0 aliphatic heterocycles. The number of hydrogen-bond acceptors (Lipinski definition) is 1. The van der Waals surface area contributed by atoms with Gasteiger partial charge in [0.05, 0.1) is 10.2 Å². The Morgan fingerprint density at radius 2 is 1.73 bits per heavy atom. The first-order valence-corrected chi connectivity index (χ1v) is 5.84. The average molecular weight is 331 g/mol. The van der Waals surface area contributed by atoms with E-state index in [4.69, 9.17) is 0 Å². The summed E-state index contributed by atoms with van der Waals surface area (Å²) in [6, 6.07) is 10.6. The Labute approximate surface area is 104 Å². The summed E-state index contributed by atoms with van der Waals surface area (Å²) in [6.45, 7) is 0. The number of hydrogen-bond donors (Lipinski definition) is 0. The molecule has 0 radical (unpaired) electrons. The lowest BCUT2D eigenvalue weighted by Gasteiger charge is -2.04. The van der Waals surface area contributed by atoms with Crippen LogP contribution >= 0.6 is 31.9 Å². The fraction of sp³-hybridized carbons (Fsp3) is 0. The van der Waals surface area contributed by atoms with Gasteiger partial charge in [0.15, 0.2) is 0 Å². The molecule has 0 atom stereocenters. The van der Waals surface area contributed by atoms with Crippen LogP contribution in [-0.2, 0) is 0 Å². The molecule has 4 heteroatoms. The first-order chi connectivity index (χ1) is 7.18. The Morgan fingerprint density at radius 3 is 2.47 bits per heavy atom. The van der Waals surface area contributed by atoms with Crippen LogP contribution in [0.3, 0.4) is 0 Å². The Morgan fingerprint density at radius 1 is 1.00 bits per heavy atom. The predicted molar refractivity (Wildman–Crippen MR) is 65.0 cm³/mol. The van der Waals surface area contributed by atoms with Gasteiger partial charge in [-0.15, -0.1) is 0 Å². The zero-order valence-corrected chi connectivity index (χ0v) is 10.7. The minimum Gasteiger partial charge on any atom is -0.241 e. The fourth-order valence-corrected chi connectivity index (χ4v) is 1.97. The van der Waals surface area contributed by atoms with Gasteiger partial charge in [-0.05, 0) is 56.1 Å². The van der Waals surface area contributed by atoms with Crippen molar-refractivity contribution < 1.29 is 4.39 Å². The molecule has 1 aromatic heterocycles. The summed E-state index contributed by atoms with van der Waals surface area (Å²) in [7, 11) is 0. The Kier molecular flexibility index (Phi) is 3.17. The van der Waals surface area contributed by atoms with E-state index in [0.717, 1.165) is 0 Å². The molecule has 0 spiro atoms. The molecule has 0 aliphatic rings. The molecule has 0 fully saturated rings. The molecule has 1 heterocycles. The smallest absolute Gasteiger partial charge is 0.146 e. The van der Waals surface area contributed by atoms with Crippen LogP contribution in [0.25, 0.3) is 11.3 Å². The quantitative estimate of drug-likeness (QED) is 0.706. The zero-order chi connectivity index (χ0) is 10.8. The van der Waals surface area contributed by atoms with Gasteiger partial charge in [0.25, 0.3) is 0 Å². The maximum Gasteiger partial charge on any atom is 0.146 e. The van der Waals surface area contributed by atoms with Crippen molar-refractivity contribution in [2.45, 2.75) is 0 Å². The molecule has 1 aromatic carbocycles. The Hall–Kier alpha value is -0.740.